The van der Waals surface area contributed by atoms with Crippen LogP contribution in [0.25, 0.3) is 0 Å². The molecule has 2 heterocycles. The maximum Gasteiger partial charge on any atom is 0.239 e. The lowest BCUT2D eigenvalue weighted by molar-refractivity contribution is -0.123. The van der Waals surface area contributed by atoms with Gasteiger partial charge in [0.05, 0.1) is 0 Å². The van der Waals surface area contributed by atoms with Crippen molar-refractivity contribution < 1.29 is 4.79 Å². The number of benzene rings is 1. The zero-order chi connectivity index (χ0) is 16.9. The van der Waals surface area contributed by atoms with Gasteiger partial charge in [0.2, 0.25) is 5.91 Å². The minimum Gasteiger partial charge on any atom is -0.341 e. The molecule has 3 atom stereocenters. The molecule has 3 rings (SSSR count). The molecule has 1 fully saturated rings. The van der Waals surface area contributed by atoms with E-state index in [1.54, 1.807) is 0 Å². The number of aromatic nitrogens is 3. The number of aromatic amines is 1. The molecule has 1 aromatic heterocycles. The van der Waals surface area contributed by atoms with E-state index in [9.17, 15) is 4.79 Å². The van der Waals surface area contributed by atoms with Crippen molar-refractivity contribution in [2.75, 3.05) is 0 Å². The Balaban J connectivity index is 1.74. The summed E-state index contributed by atoms with van der Waals surface area (Å²) in [4.78, 5) is 17.1. The van der Waals surface area contributed by atoms with Gasteiger partial charge in [0.15, 0.2) is 5.82 Å². The summed E-state index contributed by atoms with van der Waals surface area (Å²) < 4.78 is 0. The van der Waals surface area contributed by atoms with E-state index in [-0.39, 0.29) is 18.0 Å². The number of nitrogens with zero attached hydrogens (tertiary/aromatic N) is 2. The van der Waals surface area contributed by atoms with Gasteiger partial charge in [-0.1, -0.05) is 43.7 Å². The highest BCUT2D eigenvalue weighted by molar-refractivity contribution is 5.82. The highest BCUT2D eigenvalue weighted by atomic mass is 16.2. The van der Waals surface area contributed by atoms with E-state index in [0.717, 1.165) is 30.7 Å². The Hall–Kier alpha value is -2.25. The normalized spacial score (nSPS) is 21.6. The summed E-state index contributed by atoms with van der Waals surface area (Å²) >= 11 is 0. The van der Waals surface area contributed by atoms with Crippen LogP contribution in [-0.4, -0.2) is 33.2 Å². The lowest BCUT2D eigenvalue weighted by Gasteiger charge is -2.19. The monoisotopic (exact) mass is 328 g/mol. The molecule has 1 aromatic carbocycles. The van der Waals surface area contributed by atoms with Crippen molar-refractivity contribution in [3.8, 4) is 0 Å². The van der Waals surface area contributed by atoms with Crippen LogP contribution in [0.4, 0.5) is 0 Å². The van der Waals surface area contributed by atoms with Crippen molar-refractivity contribution in [2.45, 2.75) is 51.2 Å². The minimum absolute atomic E-state index is 0.0441. The van der Waals surface area contributed by atoms with Crippen LogP contribution >= 0.6 is 0 Å². The second-order valence-corrected chi connectivity index (χ2v) is 6.19. The highest BCUT2D eigenvalue weighted by Crippen LogP contribution is 2.20. The van der Waals surface area contributed by atoms with E-state index in [0.29, 0.717) is 11.9 Å². The lowest BCUT2D eigenvalue weighted by Crippen LogP contribution is -2.45. The number of aryl methyl sites for hydroxylation is 1. The van der Waals surface area contributed by atoms with Crippen molar-refractivity contribution in [1.29, 1.82) is 0 Å². The average Bonchev–Trinajstić information content (AvgIpc) is 3.23. The molecule has 1 saturated heterocycles. The quantitative estimate of drug-likeness (QED) is 0.642. The van der Waals surface area contributed by atoms with E-state index in [1.807, 2.05) is 37.3 Å². The standard InChI is InChI=1S/C17H24N6O/c1-3-7-13-10-14(22-21-13)17(24)19-15(12-8-5-4-6-9-12)16-18-11(2)20-23-16/h4-6,8-9,13-15,21-22H,3,7,10H2,1-2H3,(H,19,24)(H,18,20,23). The van der Waals surface area contributed by atoms with Gasteiger partial charge < -0.3 is 5.32 Å². The van der Waals surface area contributed by atoms with Crippen LogP contribution in [0, 0.1) is 6.92 Å². The summed E-state index contributed by atoms with van der Waals surface area (Å²) in [5, 5.41) is 10.2. The topological polar surface area (TPSA) is 94.7 Å². The van der Waals surface area contributed by atoms with Crippen LogP contribution in [-0.2, 0) is 4.79 Å². The molecule has 1 amide bonds. The first-order valence-corrected chi connectivity index (χ1v) is 8.42. The highest BCUT2D eigenvalue weighted by Gasteiger charge is 2.31. The third kappa shape index (κ3) is 3.80. The summed E-state index contributed by atoms with van der Waals surface area (Å²) in [6.07, 6.45) is 2.93. The molecule has 7 heteroatoms. The fourth-order valence-electron chi connectivity index (χ4n) is 3.01. The van der Waals surface area contributed by atoms with Gasteiger partial charge in [-0.2, -0.15) is 5.10 Å². The van der Waals surface area contributed by atoms with E-state index in [1.165, 1.54) is 0 Å². The number of hydrazine groups is 1. The number of carbonyl (C=O) groups is 1. The Morgan fingerprint density at radius 3 is 2.79 bits per heavy atom. The first kappa shape index (κ1) is 16.6. The summed E-state index contributed by atoms with van der Waals surface area (Å²) in [5.74, 6) is 1.25. The molecule has 4 N–H and O–H groups in total. The van der Waals surface area contributed by atoms with Crippen LogP contribution in [0.15, 0.2) is 30.3 Å². The van der Waals surface area contributed by atoms with Crippen molar-refractivity contribution >= 4 is 5.91 Å². The molecule has 0 bridgehead atoms. The van der Waals surface area contributed by atoms with Gasteiger partial charge >= 0.3 is 0 Å². The van der Waals surface area contributed by atoms with Crippen LogP contribution in [0.2, 0.25) is 0 Å². The van der Waals surface area contributed by atoms with Crippen molar-refractivity contribution in [3.63, 3.8) is 0 Å². The predicted octanol–water partition coefficient (Wildman–Crippen LogP) is 1.35. The molecule has 24 heavy (non-hydrogen) atoms. The fourth-order valence-corrected chi connectivity index (χ4v) is 3.01. The van der Waals surface area contributed by atoms with Gasteiger partial charge in [-0.25, -0.2) is 10.4 Å². The third-order valence-electron chi connectivity index (χ3n) is 4.23. The van der Waals surface area contributed by atoms with E-state index in [4.69, 9.17) is 0 Å². The predicted molar refractivity (Wildman–Crippen MR) is 90.9 cm³/mol. The summed E-state index contributed by atoms with van der Waals surface area (Å²) in [6.45, 7) is 3.99. The Bertz CT molecular complexity index is 671. The number of carbonyl (C=O) groups excluding carboxylic acids is 1. The van der Waals surface area contributed by atoms with Crippen LogP contribution in [0.1, 0.15) is 49.4 Å². The number of hydrogen-bond donors (Lipinski definition) is 4. The Morgan fingerprint density at radius 1 is 1.33 bits per heavy atom. The molecule has 0 spiro atoms. The van der Waals surface area contributed by atoms with Crippen LogP contribution < -0.4 is 16.2 Å². The minimum atomic E-state index is -0.365. The van der Waals surface area contributed by atoms with Gasteiger partial charge in [-0.05, 0) is 25.3 Å². The first-order valence-electron chi connectivity index (χ1n) is 8.42. The molecule has 0 saturated carbocycles. The van der Waals surface area contributed by atoms with Crippen molar-refractivity contribution in [2.24, 2.45) is 0 Å². The number of hydrogen-bond acceptors (Lipinski definition) is 5. The van der Waals surface area contributed by atoms with E-state index in [2.05, 4.69) is 38.3 Å². The number of nitrogens with one attached hydrogen (secondary N) is 4. The molecule has 2 aromatic rings. The molecule has 7 nitrogen and oxygen atoms in total. The third-order valence-corrected chi connectivity index (χ3v) is 4.23. The Kier molecular flexibility index (Phi) is 5.22. The maximum atomic E-state index is 12.7. The molecule has 0 radical (unpaired) electrons. The molecule has 3 unspecified atom stereocenters. The Morgan fingerprint density at radius 2 is 2.12 bits per heavy atom. The maximum absolute atomic E-state index is 12.7. The second kappa shape index (κ2) is 7.55. The molecule has 0 aliphatic carbocycles. The fraction of sp³-hybridized carbons (Fsp3) is 0.471. The van der Waals surface area contributed by atoms with Gasteiger partial charge in [-0.15, -0.1) is 0 Å². The largest absolute Gasteiger partial charge is 0.341 e. The lowest BCUT2D eigenvalue weighted by atomic mass is 10.0. The van der Waals surface area contributed by atoms with Gasteiger partial charge in [0, 0.05) is 6.04 Å². The van der Waals surface area contributed by atoms with Crippen LogP contribution in [0.3, 0.4) is 0 Å². The smallest absolute Gasteiger partial charge is 0.239 e. The van der Waals surface area contributed by atoms with E-state index < -0.39 is 0 Å². The Labute approximate surface area is 141 Å². The zero-order valence-electron chi connectivity index (χ0n) is 14.0. The number of rotatable bonds is 6. The SMILES string of the molecule is CCCC1CC(C(=O)NC(c2ccccc2)c2n[nH]c(C)n2)NN1. The summed E-state index contributed by atoms with van der Waals surface area (Å²) in [7, 11) is 0. The zero-order valence-corrected chi connectivity index (χ0v) is 14.0. The molecular weight excluding hydrogens is 304 g/mol. The second-order valence-electron chi connectivity index (χ2n) is 6.19. The summed E-state index contributed by atoms with van der Waals surface area (Å²) in [6, 6.07) is 9.51. The molecule has 128 valence electrons. The van der Waals surface area contributed by atoms with Crippen LogP contribution in [0.5, 0.6) is 0 Å². The van der Waals surface area contributed by atoms with Gasteiger partial charge in [0.25, 0.3) is 0 Å². The molecule has 1 aliphatic rings. The number of H-pyrrole nitrogens is 1. The molecule has 1 aliphatic heterocycles. The number of amides is 1. The van der Waals surface area contributed by atoms with Crippen molar-refractivity contribution in [3.05, 3.63) is 47.5 Å². The summed E-state index contributed by atoms with van der Waals surface area (Å²) in [5.41, 5.74) is 7.25. The average molecular weight is 328 g/mol. The first-order chi connectivity index (χ1) is 11.7. The van der Waals surface area contributed by atoms with Crippen molar-refractivity contribution in [1.82, 2.24) is 31.3 Å². The van der Waals surface area contributed by atoms with E-state index >= 15 is 0 Å². The molecular formula is C17H24N6O. The van der Waals surface area contributed by atoms with Gasteiger partial charge in [-0.3, -0.25) is 15.3 Å². The van der Waals surface area contributed by atoms with Gasteiger partial charge in [0.1, 0.15) is 17.9 Å².